The molecule has 0 atom stereocenters. The average Bonchev–Trinajstić information content (AvgIpc) is 2.16. The number of hydrogen-bond acceptors (Lipinski definition) is 2. The Balaban J connectivity index is 2.43. The van der Waals surface area contributed by atoms with E-state index >= 15 is 0 Å². The molecule has 1 aromatic carbocycles. The summed E-state index contributed by atoms with van der Waals surface area (Å²) >= 11 is 0. The quantitative estimate of drug-likeness (QED) is 0.668. The summed E-state index contributed by atoms with van der Waals surface area (Å²) < 4.78 is 4.86. The third kappa shape index (κ3) is 2.85. The molecule has 0 heterocycles. The second-order valence-corrected chi connectivity index (χ2v) is 2.88. The lowest BCUT2D eigenvalue weighted by atomic mass is 10.2. The Morgan fingerprint density at radius 1 is 1.42 bits per heavy atom. The highest BCUT2D eigenvalue weighted by Gasteiger charge is 1.95. The molecule has 0 saturated carbocycles. The number of carbonyl (C=O) groups excluding carboxylic acids is 1. The Kier molecular flexibility index (Phi) is 3.49. The summed E-state index contributed by atoms with van der Waals surface area (Å²) in [5.41, 5.74) is 0.702. The first kappa shape index (κ1) is 8.95. The molecule has 0 aromatic heterocycles. The van der Waals surface area contributed by atoms with Crippen LogP contribution >= 0.6 is 8.20 Å². The van der Waals surface area contributed by atoms with Gasteiger partial charge in [-0.3, -0.25) is 0 Å². The minimum atomic E-state index is -0.293. The maximum absolute atomic E-state index is 10.7. The Morgan fingerprint density at radius 3 is 2.67 bits per heavy atom. The second-order valence-electron chi connectivity index (χ2n) is 2.20. The lowest BCUT2D eigenvalue weighted by Gasteiger charge is -1.99. The predicted molar refractivity (Wildman–Crippen MR) is 50.7 cm³/mol. The van der Waals surface area contributed by atoms with Crippen molar-refractivity contribution in [1.29, 1.82) is 0 Å². The van der Waals surface area contributed by atoms with E-state index in [0.29, 0.717) is 14.8 Å². The van der Waals surface area contributed by atoms with E-state index in [-0.39, 0.29) is 5.71 Å². The molecule has 0 saturated heterocycles. The van der Waals surface area contributed by atoms with Crippen LogP contribution in [0.5, 0.6) is 0 Å². The molecule has 0 unspecified atom stereocenters. The average molecular weight is 180 g/mol. The molecule has 62 valence electrons. The van der Waals surface area contributed by atoms with Crippen LogP contribution in [0.2, 0.25) is 0 Å². The van der Waals surface area contributed by atoms with Crippen LogP contribution in [0, 0.1) is 0 Å². The molecule has 0 amide bonds. The van der Waals surface area contributed by atoms with Crippen molar-refractivity contribution >= 4 is 20.2 Å². The van der Waals surface area contributed by atoms with Crippen molar-refractivity contribution in [1.82, 2.24) is 0 Å². The molecular formula is C9H9O2P. The smallest absolute Gasteiger partial charge is 0.355 e. The molecule has 0 aliphatic rings. The van der Waals surface area contributed by atoms with Crippen molar-refractivity contribution in [2.45, 2.75) is 6.61 Å². The van der Waals surface area contributed by atoms with Crippen molar-refractivity contribution < 1.29 is 9.53 Å². The number of rotatable bonds is 3. The molecule has 2 nitrogen and oxygen atoms in total. The molecule has 0 fully saturated rings. The van der Waals surface area contributed by atoms with Gasteiger partial charge in [-0.1, -0.05) is 36.6 Å². The lowest BCUT2D eigenvalue weighted by Crippen LogP contribution is -1.94. The van der Waals surface area contributed by atoms with Crippen LogP contribution in [0.1, 0.15) is 5.56 Å². The third-order valence-corrected chi connectivity index (χ3v) is 1.72. The molecule has 0 radical (unpaired) electrons. The van der Waals surface area contributed by atoms with Gasteiger partial charge in [-0.15, -0.1) is 0 Å². The molecule has 1 rings (SSSR count). The first-order valence-corrected chi connectivity index (χ1v) is 4.58. The van der Waals surface area contributed by atoms with E-state index in [1.807, 2.05) is 30.3 Å². The van der Waals surface area contributed by atoms with Gasteiger partial charge < -0.3 is 4.74 Å². The van der Waals surface area contributed by atoms with E-state index in [4.69, 9.17) is 4.74 Å². The highest BCUT2D eigenvalue weighted by molar-refractivity contribution is 7.55. The van der Waals surface area contributed by atoms with Crippen molar-refractivity contribution in [2.75, 3.05) is 0 Å². The van der Waals surface area contributed by atoms with Crippen LogP contribution in [0.15, 0.2) is 30.3 Å². The SMILES string of the molecule is C=PC(=O)OCc1ccccc1. The summed E-state index contributed by atoms with van der Waals surface area (Å²) in [6.45, 7) is 0.336. The monoisotopic (exact) mass is 180 g/mol. The van der Waals surface area contributed by atoms with Gasteiger partial charge >= 0.3 is 5.71 Å². The molecule has 12 heavy (non-hydrogen) atoms. The predicted octanol–water partition coefficient (Wildman–Crippen LogP) is 2.70. The first-order valence-electron chi connectivity index (χ1n) is 3.50. The van der Waals surface area contributed by atoms with Gasteiger partial charge in [-0.2, -0.15) is 0 Å². The third-order valence-electron chi connectivity index (χ3n) is 1.33. The molecule has 0 aliphatic carbocycles. The normalized spacial score (nSPS) is 9.67. The zero-order valence-electron chi connectivity index (χ0n) is 6.56. The van der Waals surface area contributed by atoms with Crippen LogP contribution in [-0.2, 0) is 11.3 Å². The van der Waals surface area contributed by atoms with Gasteiger partial charge in [0, 0.05) is 8.20 Å². The van der Waals surface area contributed by atoms with E-state index in [9.17, 15) is 4.79 Å². The van der Waals surface area contributed by atoms with Gasteiger partial charge in [0.2, 0.25) is 0 Å². The van der Waals surface area contributed by atoms with Gasteiger partial charge in [0.15, 0.2) is 0 Å². The minimum absolute atomic E-state index is 0.293. The molecule has 0 aliphatic heterocycles. The molecule has 0 bridgehead atoms. The zero-order chi connectivity index (χ0) is 8.81. The number of carbonyl (C=O) groups is 1. The standard InChI is InChI=1S/C9H9O2P/c1-12-9(10)11-7-8-5-3-2-4-6-8/h2-6H,1,7H2. The van der Waals surface area contributed by atoms with Crippen molar-refractivity contribution in [2.24, 2.45) is 0 Å². The second kappa shape index (κ2) is 4.68. The lowest BCUT2D eigenvalue weighted by molar-refractivity contribution is 0.168. The van der Waals surface area contributed by atoms with Gasteiger partial charge in [0.1, 0.15) is 6.61 Å². The van der Waals surface area contributed by atoms with E-state index in [1.165, 1.54) is 0 Å². The number of hydrogen-bond donors (Lipinski definition) is 0. The summed E-state index contributed by atoms with van der Waals surface area (Å²) in [6, 6.07) is 9.56. The zero-order valence-corrected chi connectivity index (χ0v) is 7.46. The molecular weight excluding hydrogens is 171 g/mol. The fourth-order valence-corrected chi connectivity index (χ4v) is 0.921. The van der Waals surface area contributed by atoms with Gasteiger partial charge in [-0.25, -0.2) is 4.79 Å². The van der Waals surface area contributed by atoms with E-state index in [0.717, 1.165) is 5.56 Å². The fraction of sp³-hybridized carbons (Fsp3) is 0.111. The van der Waals surface area contributed by atoms with Crippen molar-refractivity contribution in [3.05, 3.63) is 35.9 Å². The largest absolute Gasteiger partial charge is 0.454 e. The van der Waals surface area contributed by atoms with Crippen LogP contribution in [0.3, 0.4) is 0 Å². The Morgan fingerprint density at radius 2 is 2.08 bits per heavy atom. The molecule has 0 spiro atoms. The summed E-state index contributed by atoms with van der Waals surface area (Å²) in [4.78, 5) is 10.7. The molecule has 3 heteroatoms. The molecule has 0 N–H and O–H groups in total. The van der Waals surface area contributed by atoms with Gasteiger partial charge in [0.25, 0.3) is 0 Å². The van der Waals surface area contributed by atoms with E-state index in [2.05, 4.69) is 6.30 Å². The van der Waals surface area contributed by atoms with E-state index < -0.39 is 0 Å². The van der Waals surface area contributed by atoms with Crippen molar-refractivity contribution in [3.63, 3.8) is 0 Å². The summed E-state index contributed by atoms with van der Waals surface area (Å²) in [5.74, 6) is 0. The summed E-state index contributed by atoms with van der Waals surface area (Å²) in [6.07, 6.45) is 3.40. The Bertz CT molecular complexity index is 269. The highest BCUT2D eigenvalue weighted by Crippen LogP contribution is 2.04. The minimum Gasteiger partial charge on any atom is -0.454 e. The van der Waals surface area contributed by atoms with Gasteiger partial charge in [0.05, 0.1) is 0 Å². The van der Waals surface area contributed by atoms with Crippen molar-refractivity contribution in [3.8, 4) is 0 Å². The van der Waals surface area contributed by atoms with Crippen LogP contribution in [-0.4, -0.2) is 12.0 Å². The number of ether oxygens (including phenoxy) is 1. The van der Waals surface area contributed by atoms with Crippen LogP contribution in [0.25, 0.3) is 0 Å². The highest BCUT2D eigenvalue weighted by atomic mass is 31.1. The van der Waals surface area contributed by atoms with E-state index in [1.54, 1.807) is 0 Å². The first-order chi connectivity index (χ1) is 5.83. The Labute approximate surface area is 73.0 Å². The summed E-state index contributed by atoms with van der Waals surface area (Å²) in [5, 5.41) is 0. The topological polar surface area (TPSA) is 26.3 Å². The van der Waals surface area contributed by atoms with Crippen LogP contribution < -0.4 is 0 Å². The molecule has 1 aromatic rings. The Hall–Kier alpha value is -1.14. The summed E-state index contributed by atoms with van der Waals surface area (Å²) in [7, 11) is 0.403. The maximum Gasteiger partial charge on any atom is 0.355 e. The fourth-order valence-electron chi connectivity index (χ4n) is 0.765. The number of benzene rings is 1. The maximum atomic E-state index is 10.7. The van der Waals surface area contributed by atoms with Crippen LogP contribution in [0.4, 0.5) is 4.79 Å². The van der Waals surface area contributed by atoms with Gasteiger partial charge in [-0.05, 0) is 5.56 Å².